The van der Waals surface area contributed by atoms with Gasteiger partial charge in [0.1, 0.15) is 0 Å². The number of nitrogens with zero attached hydrogens (tertiary/aromatic N) is 2. The Morgan fingerprint density at radius 2 is 1.83 bits per heavy atom. The van der Waals surface area contributed by atoms with E-state index in [0.29, 0.717) is 19.5 Å². The van der Waals surface area contributed by atoms with Gasteiger partial charge in [-0.1, -0.05) is 30.3 Å². The first-order valence-corrected chi connectivity index (χ1v) is 9.56. The second-order valence-corrected chi connectivity index (χ2v) is 7.75. The van der Waals surface area contributed by atoms with Gasteiger partial charge >= 0.3 is 0 Å². The van der Waals surface area contributed by atoms with Crippen molar-refractivity contribution in [1.82, 2.24) is 14.5 Å². The number of rotatable bonds is 8. The van der Waals surface area contributed by atoms with E-state index >= 15 is 0 Å². The molecule has 0 aliphatic carbocycles. The van der Waals surface area contributed by atoms with Crippen LogP contribution in [0.1, 0.15) is 28.9 Å². The molecule has 0 radical (unpaired) electrons. The minimum atomic E-state index is -3.23. The zero-order chi connectivity index (χ0) is 16.9. The second-order valence-electron chi connectivity index (χ2n) is 5.82. The van der Waals surface area contributed by atoms with Crippen molar-refractivity contribution in [2.75, 3.05) is 12.3 Å². The van der Waals surface area contributed by atoms with Crippen molar-refractivity contribution in [2.45, 2.75) is 40.2 Å². The third-order valence-corrected chi connectivity index (χ3v) is 5.58. The van der Waals surface area contributed by atoms with Gasteiger partial charge in [-0.3, -0.25) is 4.68 Å². The Kier molecular flexibility index (Phi) is 5.96. The van der Waals surface area contributed by atoms with E-state index in [1.165, 1.54) is 5.56 Å². The number of hydrogen-bond acceptors (Lipinski definition) is 3. The van der Waals surface area contributed by atoms with Crippen molar-refractivity contribution in [2.24, 2.45) is 0 Å². The number of hydrogen-bond donors (Lipinski definition) is 1. The van der Waals surface area contributed by atoms with Crippen LogP contribution < -0.4 is 4.72 Å². The number of aryl methyl sites for hydroxylation is 2. The van der Waals surface area contributed by atoms with Gasteiger partial charge in [0.2, 0.25) is 10.0 Å². The Morgan fingerprint density at radius 1 is 1.13 bits per heavy atom. The van der Waals surface area contributed by atoms with E-state index in [2.05, 4.69) is 9.82 Å². The van der Waals surface area contributed by atoms with Crippen LogP contribution in [0.5, 0.6) is 0 Å². The molecule has 23 heavy (non-hydrogen) atoms. The molecule has 5 nitrogen and oxygen atoms in total. The van der Waals surface area contributed by atoms with Gasteiger partial charge in [-0.25, -0.2) is 13.1 Å². The molecule has 0 fully saturated rings. The molecular weight excluding hydrogens is 310 g/mol. The Hall–Kier alpha value is -1.66. The third kappa shape index (κ3) is 5.18. The highest BCUT2D eigenvalue weighted by Crippen LogP contribution is 2.10. The average Bonchev–Trinajstić information content (AvgIpc) is 2.75. The van der Waals surface area contributed by atoms with E-state index < -0.39 is 10.0 Å². The molecular formula is C17H25N3O2S. The quantitative estimate of drug-likeness (QED) is 0.805. The molecule has 0 atom stereocenters. The van der Waals surface area contributed by atoms with E-state index in [4.69, 9.17) is 0 Å². The molecule has 0 saturated carbocycles. The van der Waals surface area contributed by atoms with Crippen molar-refractivity contribution in [1.29, 1.82) is 0 Å². The van der Waals surface area contributed by atoms with Gasteiger partial charge in [-0.05, 0) is 44.7 Å². The van der Waals surface area contributed by atoms with Gasteiger partial charge in [0.25, 0.3) is 0 Å². The summed E-state index contributed by atoms with van der Waals surface area (Å²) in [5.41, 5.74) is 4.41. The first-order valence-electron chi connectivity index (χ1n) is 7.91. The molecule has 0 amide bonds. The smallest absolute Gasteiger partial charge is 0.211 e. The maximum atomic E-state index is 12.0. The molecule has 0 saturated heterocycles. The highest BCUT2D eigenvalue weighted by Gasteiger charge is 2.11. The molecule has 1 heterocycles. The lowest BCUT2D eigenvalue weighted by Gasteiger charge is -2.08. The summed E-state index contributed by atoms with van der Waals surface area (Å²) in [6.45, 7) is 6.92. The van der Waals surface area contributed by atoms with Crippen LogP contribution in [0.25, 0.3) is 0 Å². The topological polar surface area (TPSA) is 64.0 Å². The fraction of sp³-hybridized carbons (Fsp3) is 0.471. The highest BCUT2D eigenvalue weighted by molar-refractivity contribution is 7.89. The largest absolute Gasteiger partial charge is 0.268 e. The summed E-state index contributed by atoms with van der Waals surface area (Å²) in [4.78, 5) is 0. The van der Waals surface area contributed by atoms with Crippen LogP contribution in [0.3, 0.4) is 0 Å². The van der Waals surface area contributed by atoms with Crippen LogP contribution in [0.15, 0.2) is 30.3 Å². The van der Waals surface area contributed by atoms with Crippen LogP contribution in [0.4, 0.5) is 0 Å². The summed E-state index contributed by atoms with van der Waals surface area (Å²) < 4.78 is 28.6. The Labute approximate surface area is 138 Å². The van der Waals surface area contributed by atoms with E-state index in [9.17, 15) is 8.42 Å². The van der Waals surface area contributed by atoms with Crippen molar-refractivity contribution in [3.05, 3.63) is 52.8 Å². The average molecular weight is 335 g/mol. The minimum absolute atomic E-state index is 0.151. The van der Waals surface area contributed by atoms with Gasteiger partial charge in [-0.15, -0.1) is 0 Å². The molecule has 2 rings (SSSR count). The monoisotopic (exact) mass is 335 g/mol. The number of aromatic nitrogens is 2. The summed E-state index contributed by atoms with van der Waals surface area (Å²) in [6.07, 6.45) is 1.40. The third-order valence-electron chi connectivity index (χ3n) is 4.11. The van der Waals surface area contributed by atoms with Crippen molar-refractivity contribution >= 4 is 10.0 Å². The summed E-state index contributed by atoms with van der Waals surface area (Å²) in [5.74, 6) is 0.151. The predicted octanol–water partition coefficient (Wildman–Crippen LogP) is 2.36. The van der Waals surface area contributed by atoms with Crippen molar-refractivity contribution in [3.8, 4) is 0 Å². The fourth-order valence-corrected chi connectivity index (χ4v) is 3.57. The molecule has 1 N–H and O–H groups in total. The van der Waals surface area contributed by atoms with E-state index in [1.807, 2.05) is 55.8 Å². The standard InChI is InChI=1S/C17H25N3O2S/c1-14-15(2)19-20(16(14)3)12-11-18-23(21,22)13-7-10-17-8-5-4-6-9-17/h4-6,8-9,18H,7,10-13H2,1-3H3. The molecule has 6 heteroatoms. The van der Waals surface area contributed by atoms with Crippen LogP contribution in [0.2, 0.25) is 0 Å². The summed E-state index contributed by atoms with van der Waals surface area (Å²) >= 11 is 0. The highest BCUT2D eigenvalue weighted by atomic mass is 32.2. The SMILES string of the molecule is Cc1nn(CCNS(=O)(=O)CCCc2ccccc2)c(C)c1C. The van der Waals surface area contributed by atoms with E-state index in [0.717, 1.165) is 23.4 Å². The van der Waals surface area contributed by atoms with Crippen LogP contribution in [-0.4, -0.2) is 30.5 Å². The van der Waals surface area contributed by atoms with E-state index in [1.54, 1.807) is 0 Å². The first-order chi connectivity index (χ1) is 10.9. The zero-order valence-electron chi connectivity index (χ0n) is 14.0. The molecule has 0 spiro atoms. The Balaban J connectivity index is 1.76. The van der Waals surface area contributed by atoms with E-state index in [-0.39, 0.29) is 5.75 Å². The van der Waals surface area contributed by atoms with Gasteiger partial charge in [0.05, 0.1) is 18.0 Å². The molecule has 0 aliphatic heterocycles. The van der Waals surface area contributed by atoms with Crippen molar-refractivity contribution < 1.29 is 8.42 Å². The molecule has 1 aromatic carbocycles. The molecule has 0 bridgehead atoms. The number of nitrogens with one attached hydrogen (secondary N) is 1. The fourth-order valence-electron chi connectivity index (χ4n) is 2.49. The van der Waals surface area contributed by atoms with Gasteiger partial charge in [-0.2, -0.15) is 5.10 Å². The maximum Gasteiger partial charge on any atom is 0.211 e. The lowest BCUT2D eigenvalue weighted by atomic mass is 10.1. The molecule has 1 aromatic heterocycles. The zero-order valence-corrected chi connectivity index (χ0v) is 14.9. The summed E-state index contributed by atoms with van der Waals surface area (Å²) in [6, 6.07) is 9.94. The van der Waals surface area contributed by atoms with Gasteiger partial charge in [0.15, 0.2) is 0 Å². The normalized spacial score (nSPS) is 11.8. The van der Waals surface area contributed by atoms with Crippen molar-refractivity contribution in [3.63, 3.8) is 0 Å². The van der Waals surface area contributed by atoms with Crippen LogP contribution in [-0.2, 0) is 23.0 Å². The minimum Gasteiger partial charge on any atom is -0.268 e. The van der Waals surface area contributed by atoms with Gasteiger partial charge in [0, 0.05) is 12.2 Å². The molecule has 0 aliphatic rings. The van der Waals surface area contributed by atoms with Crippen LogP contribution in [0, 0.1) is 20.8 Å². The Bertz CT molecular complexity index is 737. The molecule has 0 unspecified atom stereocenters. The Morgan fingerprint density at radius 3 is 2.43 bits per heavy atom. The summed E-state index contributed by atoms with van der Waals surface area (Å²) in [7, 11) is -3.23. The van der Waals surface area contributed by atoms with Crippen LogP contribution >= 0.6 is 0 Å². The molecule has 126 valence electrons. The van der Waals surface area contributed by atoms with Gasteiger partial charge < -0.3 is 0 Å². The lowest BCUT2D eigenvalue weighted by molar-refractivity contribution is 0.552. The molecule has 2 aromatic rings. The predicted molar refractivity (Wildman–Crippen MR) is 93.0 cm³/mol. The summed E-state index contributed by atoms with van der Waals surface area (Å²) in [5, 5.41) is 4.41. The maximum absolute atomic E-state index is 12.0. The first kappa shape index (κ1) is 17.7. The number of sulfonamides is 1. The second kappa shape index (κ2) is 7.75. The number of benzene rings is 1. The lowest BCUT2D eigenvalue weighted by Crippen LogP contribution is -2.30.